The summed E-state index contributed by atoms with van der Waals surface area (Å²) < 4.78 is 1.66. The van der Waals surface area contributed by atoms with Crippen LogP contribution in [0.5, 0.6) is 0 Å². The molecule has 84 valence electrons. The molecule has 2 aromatic rings. The standard InChI is InChI=1S/C10H13N5O/c1-5-4-6(2)12-8-7(5)9(16)13-10(14-11)15(8)3/h4H,11H2,1-3H3,(H,13,14,16). The number of nitrogens with two attached hydrogens (primary N) is 1. The van der Waals surface area contributed by atoms with Crippen molar-refractivity contribution in [1.29, 1.82) is 0 Å². The van der Waals surface area contributed by atoms with Gasteiger partial charge in [-0.25, -0.2) is 10.8 Å². The van der Waals surface area contributed by atoms with E-state index in [0.717, 1.165) is 11.3 Å². The van der Waals surface area contributed by atoms with Crippen molar-refractivity contribution >= 4 is 17.0 Å². The van der Waals surface area contributed by atoms with Gasteiger partial charge < -0.3 is 0 Å². The third kappa shape index (κ3) is 1.43. The Kier molecular flexibility index (Phi) is 2.35. The molecule has 0 unspecified atom stereocenters. The van der Waals surface area contributed by atoms with Gasteiger partial charge in [-0.1, -0.05) is 0 Å². The van der Waals surface area contributed by atoms with Gasteiger partial charge >= 0.3 is 0 Å². The molecule has 6 heteroatoms. The number of hydrazine groups is 1. The first-order chi connectivity index (χ1) is 7.54. The smallest absolute Gasteiger partial charge is 0.284 e. The second-order valence-corrected chi connectivity index (χ2v) is 3.72. The zero-order valence-corrected chi connectivity index (χ0v) is 9.40. The number of nitrogens with zero attached hydrogens (tertiary/aromatic N) is 3. The molecular formula is C10H13N5O. The number of nitrogens with one attached hydrogen (secondary N) is 1. The molecule has 2 aromatic heterocycles. The largest absolute Gasteiger partial charge is 0.298 e. The van der Waals surface area contributed by atoms with Gasteiger partial charge in [-0.15, -0.1) is 0 Å². The summed E-state index contributed by atoms with van der Waals surface area (Å²) in [4.78, 5) is 20.0. The Morgan fingerprint density at radius 3 is 2.69 bits per heavy atom. The van der Waals surface area contributed by atoms with Crippen LogP contribution in [0.25, 0.3) is 11.0 Å². The third-order valence-electron chi connectivity index (χ3n) is 2.51. The van der Waals surface area contributed by atoms with Crippen LogP contribution in [0, 0.1) is 13.8 Å². The Labute approximate surface area is 92.1 Å². The molecule has 3 N–H and O–H groups in total. The fraction of sp³-hybridized carbons (Fsp3) is 0.300. The Balaban J connectivity index is 3.02. The zero-order chi connectivity index (χ0) is 11.9. The summed E-state index contributed by atoms with van der Waals surface area (Å²) in [7, 11) is 1.76. The number of anilines is 1. The predicted octanol–water partition coefficient (Wildman–Crippen LogP) is 0.231. The average molecular weight is 219 g/mol. The fourth-order valence-corrected chi connectivity index (χ4v) is 1.78. The van der Waals surface area contributed by atoms with Crippen molar-refractivity contribution in [2.24, 2.45) is 12.9 Å². The van der Waals surface area contributed by atoms with Crippen molar-refractivity contribution in [3.63, 3.8) is 0 Å². The summed E-state index contributed by atoms with van der Waals surface area (Å²) in [5.41, 5.74) is 4.38. The Bertz CT molecular complexity index is 617. The minimum absolute atomic E-state index is 0.301. The number of pyridine rings is 1. The van der Waals surface area contributed by atoms with Crippen molar-refractivity contribution in [3.05, 3.63) is 27.7 Å². The molecule has 2 rings (SSSR count). The minimum Gasteiger partial charge on any atom is -0.298 e. The first-order valence-electron chi connectivity index (χ1n) is 4.86. The number of aryl methyl sites for hydroxylation is 3. The van der Waals surface area contributed by atoms with Crippen molar-refractivity contribution in [2.45, 2.75) is 13.8 Å². The number of fused-ring (bicyclic) bond motifs is 1. The molecule has 0 spiro atoms. The Hall–Kier alpha value is -1.95. The molecule has 6 nitrogen and oxygen atoms in total. The normalized spacial score (nSPS) is 10.8. The summed E-state index contributed by atoms with van der Waals surface area (Å²) in [5.74, 6) is 5.59. The maximum atomic E-state index is 11.8. The van der Waals surface area contributed by atoms with Gasteiger partial charge in [-0.3, -0.25) is 14.8 Å². The van der Waals surface area contributed by atoms with E-state index in [1.807, 2.05) is 19.9 Å². The van der Waals surface area contributed by atoms with Gasteiger partial charge in [0.05, 0.1) is 5.39 Å². The van der Waals surface area contributed by atoms with Gasteiger partial charge in [0.25, 0.3) is 5.56 Å². The van der Waals surface area contributed by atoms with Crippen molar-refractivity contribution in [3.8, 4) is 0 Å². The maximum Gasteiger partial charge on any atom is 0.284 e. The summed E-state index contributed by atoms with van der Waals surface area (Å²) >= 11 is 0. The van der Waals surface area contributed by atoms with E-state index in [1.165, 1.54) is 0 Å². The van der Waals surface area contributed by atoms with Crippen LogP contribution in [0.4, 0.5) is 5.95 Å². The van der Waals surface area contributed by atoms with Gasteiger partial charge in [-0.05, 0) is 25.5 Å². The van der Waals surface area contributed by atoms with Gasteiger partial charge in [0.1, 0.15) is 5.65 Å². The quantitative estimate of drug-likeness (QED) is 0.529. The van der Waals surface area contributed by atoms with E-state index < -0.39 is 0 Å². The highest BCUT2D eigenvalue weighted by atomic mass is 16.1. The number of rotatable bonds is 1. The van der Waals surface area contributed by atoms with Crippen LogP contribution in [0.15, 0.2) is 10.9 Å². The molecule has 0 aliphatic rings. The van der Waals surface area contributed by atoms with Gasteiger partial charge in [0.2, 0.25) is 5.95 Å². The number of hydrogen-bond donors (Lipinski definition) is 2. The van der Waals surface area contributed by atoms with Crippen LogP contribution in [0.1, 0.15) is 11.3 Å². The van der Waals surface area contributed by atoms with Gasteiger partial charge in [0, 0.05) is 12.7 Å². The lowest BCUT2D eigenvalue weighted by Crippen LogP contribution is -2.22. The van der Waals surface area contributed by atoms with E-state index in [9.17, 15) is 4.79 Å². The molecule has 0 bridgehead atoms. The van der Waals surface area contributed by atoms with Crippen LogP contribution < -0.4 is 16.8 Å². The van der Waals surface area contributed by atoms with E-state index in [0.29, 0.717) is 17.0 Å². The summed E-state index contributed by atoms with van der Waals surface area (Å²) in [6.07, 6.45) is 0. The molecule has 16 heavy (non-hydrogen) atoms. The summed E-state index contributed by atoms with van der Waals surface area (Å²) in [5, 5.41) is 0.534. The Morgan fingerprint density at radius 1 is 1.38 bits per heavy atom. The van der Waals surface area contributed by atoms with E-state index in [2.05, 4.69) is 15.4 Å². The van der Waals surface area contributed by atoms with Crippen LogP contribution in [-0.4, -0.2) is 14.5 Å². The van der Waals surface area contributed by atoms with Gasteiger partial charge in [-0.2, -0.15) is 4.98 Å². The molecule has 0 fully saturated rings. The molecule has 0 atom stereocenters. The van der Waals surface area contributed by atoms with E-state index >= 15 is 0 Å². The Morgan fingerprint density at radius 2 is 2.06 bits per heavy atom. The highest BCUT2D eigenvalue weighted by molar-refractivity contribution is 5.79. The van der Waals surface area contributed by atoms with E-state index in [-0.39, 0.29) is 5.56 Å². The fourth-order valence-electron chi connectivity index (χ4n) is 1.78. The molecule has 0 aromatic carbocycles. The number of nitrogen functional groups attached to an aromatic ring is 1. The lowest BCUT2D eigenvalue weighted by atomic mass is 10.2. The molecule has 0 saturated carbocycles. The van der Waals surface area contributed by atoms with Crippen molar-refractivity contribution < 1.29 is 0 Å². The van der Waals surface area contributed by atoms with Crippen LogP contribution in [-0.2, 0) is 7.05 Å². The highest BCUT2D eigenvalue weighted by Crippen LogP contribution is 2.15. The lowest BCUT2D eigenvalue weighted by molar-refractivity contribution is 0.878. The third-order valence-corrected chi connectivity index (χ3v) is 2.51. The highest BCUT2D eigenvalue weighted by Gasteiger charge is 2.11. The molecule has 0 aliphatic heterocycles. The molecule has 0 amide bonds. The lowest BCUT2D eigenvalue weighted by Gasteiger charge is -2.11. The van der Waals surface area contributed by atoms with Crippen LogP contribution >= 0.6 is 0 Å². The van der Waals surface area contributed by atoms with Crippen molar-refractivity contribution in [2.75, 3.05) is 5.43 Å². The summed E-state index contributed by atoms with van der Waals surface area (Å²) in [6, 6.07) is 1.86. The topological polar surface area (TPSA) is 85.8 Å². The minimum atomic E-state index is -0.314. The monoisotopic (exact) mass is 219 g/mol. The van der Waals surface area contributed by atoms with Gasteiger partial charge in [0.15, 0.2) is 0 Å². The second kappa shape index (κ2) is 3.57. The summed E-state index contributed by atoms with van der Waals surface area (Å²) in [6.45, 7) is 3.75. The molecular weight excluding hydrogens is 206 g/mol. The first-order valence-corrected chi connectivity index (χ1v) is 4.86. The molecule has 0 saturated heterocycles. The zero-order valence-electron chi connectivity index (χ0n) is 9.40. The number of aromatic nitrogens is 3. The van der Waals surface area contributed by atoms with E-state index in [4.69, 9.17) is 5.84 Å². The predicted molar refractivity (Wildman–Crippen MR) is 62.1 cm³/mol. The first kappa shape index (κ1) is 10.6. The molecule has 0 radical (unpaired) electrons. The van der Waals surface area contributed by atoms with Crippen molar-refractivity contribution in [1.82, 2.24) is 14.5 Å². The van der Waals surface area contributed by atoms with E-state index in [1.54, 1.807) is 11.6 Å². The maximum absolute atomic E-state index is 11.8. The second-order valence-electron chi connectivity index (χ2n) is 3.72. The molecule has 2 heterocycles. The average Bonchev–Trinajstić information content (AvgIpc) is 2.22. The SMILES string of the molecule is Cc1cc(C)c2c(=O)nc(NN)n(C)c2n1. The molecule has 0 aliphatic carbocycles. The van der Waals surface area contributed by atoms with Crippen LogP contribution in [0.2, 0.25) is 0 Å². The number of hydrogen-bond acceptors (Lipinski definition) is 5. The van der Waals surface area contributed by atoms with Crippen LogP contribution in [0.3, 0.4) is 0 Å².